The number of hydrogen-bond donors (Lipinski definition) is 3. The Hall–Kier alpha value is -4.06. The van der Waals surface area contributed by atoms with Crippen molar-refractivity contribution in [2.75, 3.05) is 11.9 Å². The summed E-state index contributed by atoms with van der Waals surface area (Å²) < 4.78 is 6.99. The van der Waals surface area contributed by atoms with Crippen LogP contribution in [0.5, 0.6) is 0 Å². The van der Waals surface area contributed by atoms with Gasteiger partial charge in [0.2, 0.25) is 0 Å². The number of fused-ring (bicyclic) bond motifs is 1. The van der Waals surface area contributed by atoms with Crippen molar-refractivity contribution >= 4 is 56.3 Å². The molecule has 11 nitrogen and oxygen atoms in total. The predicted molar refractivity (Wildman–Crippen MR) is 119 cm³/mol. The second-order valence-corrected chi connectivity index (χ2v) is 7.51. The molecule has 1 amide bonds. The van der Waals surface area contributed by atoms with Crippen LogP contribution in [0.3, 0.4) is 0 Å². The molecule has 0 aliphatic rings. The van der Waals surface area contributed by atoms with Gasteiger partial charge in [-0.15, -0.1) is 5.10 Å². The summed E-state index contributed by atoms with van der Waals surface area (Å²) in [6, 6.07) is 12.3. The fourth-order valence-electron chi connectivity index (χ4n) is 2.91. The minimum absolute atomic E-state index is 0.0546. The van der Waals surface area contributed by atoms with Gasteiger partial charge in [0.1, 0.15) is 0 Å². The Labute approximate surface area is 188 Å². The van der Waals surface area contributed by atoms with E-state index in [4.69, 9.17) is 4.74 Å². The van der Waals surface area contributed by atoms with Crippen molar-refractivity contribution in [1.82, 2.24) is 30.2 Å². The zero-order valence-corrected chi connectivity index (χ0v) is 18.2. The zero-order chi connectivity index (χ0) is 22.7. The molecule has 2 aromatic heterocycles. The van der Waals surface area contributed by atoms with Gasteiger partial charge in [0.15, 0.2) is 18.1 Å². The summed E-state index contributed by atoms with van der Waals surface area (Å²) in [6.07, 6.45) is 1.57. The number of ether oxygens (including phenoxy) is 1. The van der Waals surface area contributed by atoms with Gasteiger partial charge in [0.05, 0.1) is 16.7 Å². The second kappa shape index (κ2) is 8.98. The van der Waals surface area contributed by atoms with E-state index >= 15 is 0 Å². The Kier molecular flexibility index (Phi) is 5.94. The molecule has 0 radical (unpaired) electrons. The highest BCUT2D eigenvalue weighted by Crippen LogP contribution is 2.26. The fourth-order valence-corrected chi connectivity index (χ4v) is 3.35. The number of carbonyl (C=O) groups is 2. The van der Waals surface area contributed by atoms with Crippen LogP contribution in [0, 0.1) is 6.92 Å². The molecule has 4 aromatic rings. The second-order valence-electron chi connectivity index (χ2n) is 6.66. The van der Waals surface area contributed by atoms with E-state index in [1.54, 1.807) is 37.3 Å². The number of rotatable bonds is 6. The first-order valence-corrected chi connectivity index (χ1v) is 10.1. The number of H-pyrrole nitrogens is 2. The maximum Gasteiger partial charge on any atom is 0.357 e. The van der Waals surface area contributed by atoms with Gasteiger partial charge in [0, 0.05) is 4.47 Å². The van der Waals surface area contributed by atoms with Crippen molar-refractivity contribution < 1.29 is 14.3 Å². The molecule has 0 bridgehead atoms. The van der Waals surface area contributed by atoms with E-state index < -0.39 is 18.5 Å². The largest absolute Gasteiger partial charge is 0.451 e. The number of carbonyl (C=O) groups excluding carboxylic acids is 2. The quantitative estimate of drug-likeness (QED) is 0.272. The van der Waals surface area contributed by atoms with Crippen LogP contribution in [0.4, 0.5) is 5.69 Å². The van der Waals surface area contributed by atoms with Crippen LogP contribution in [0.2, 0.25) is 0 Å². The molecule has 0 spiro atoms. The van der Waals surface area contributed by atoms with Crippen molar-refractivity contribution in [1.29, 1.82) is 0 Å². The molecular formula is C20H16BrN7O4. The summed E-state index contributed by atoms with van der Waals surface area (Å²) in [4.78, 5) is 41.8. The van der Waals surface area contributed by atoms with Gasteiger partial charge in [0.25, 0.3) is 5.91 Å². The fraction of sp³-hybridized carbons (Fsp3) is 0.100. The highest BCUT2D eigenvalue weighted by molar-refractivity contribution is 9.10. The lowest BCUT2D eigenvalue weighted by Gasteiger charge is -2.10. The van der Waals surface area contributed by atoms with E-state index in [9.17, 15) is 14.4 Å². The van der Waals surface area contributed by atoms with Gasteiger partial charge in [-0.25, -0.2) is 9.59 Å². The standard InChI is InChI=1S/C20H16BrN7O4/c1-11-25-26-27-28(11)17(7-12-5-3-2-4-6-12)19(30)32-10-18(29)22-14-9-16-15(8-13(14)21)23-20(31)24-16/h2-9H,10H2,1H3,(H,22,29)(H2,23,24,31). The average molecular weight is 498 g/mol. The van der Waals surface area contributed by atoms with E-state index in [0.29, 0.717) is 27.0 Å². The van der Waals surface area contributed by atoms with Crippen LogP contribution in [-0.4, -0.2) is 48.7 Å². The molecule has 0 saturated carbocycles. The first-order chi connectivity index (χ1) is 15.4. The molecule has 3 N–H and O–H groups in total. The Morgan fingerprint density at radius 3 is 2.59 bits per heavy atom. The Bertz CT molecular complexity index is 1390. The van der Waals surface area contributed by atoms with E-state index in [1.165, 1.54) is 4.68 Å². The first-order valence-electron chi connectivity index (χ1n) is 9.31. The summed E-state index contributed by atoms with van der Waals surface area (Å²) >= 11 is 3.34. The molecule has 0 saturated heterocycles. The van der Waals surface area contributed by atoms with Gasteiger partial charge in [-0.3, -0.25) is 4.79 Å². The molecular weight excluding hydrogens is 482 g/mol. The third-order valence-electron chi connectivity index (χ3n) is 4.38. The summed E-state index contributed by atoms with van der Waals surface area (Å²) in [5.74, 6) is -0.959. The number of imidazole rings is 1. The van der Waals surface area contributed by atoms with Crippen molar-refractivity contribution in [2.45, 2.75) is 6.92 Å². The normalized spacial score (nSPS) is 11.5. The molecule has 2 aromatic carbocycles. The number of tetrazole rings is 1. The van der Waals surface area contributed by atoms with E-state index in [1.807, 2.05) is 18.2 Å². The number of esters is 1. The maximum absolute atomic E-state index is 12.8. The number of aromatic amines is 2. The molecule has 0 fully saturated rings. The van der Waals surface area contributed by atoms with Crippen molar-refractivity contribution in [3.8, 4) is 0 Å². The molecule has 0 aliphatic carbocycles. The highest BCUT2D eigenvalue weighted by atomic mass is 79.9. The van der Waals surface area contributed by atoms with Crippen molar-refractivity contribution in [2.24, 2.45) is 0 Å². The summed E-state index contributed by atoms with van der Waals surface area (Å²) in [5, 5.41) is 13.8. The third kappa shape index (κ3) is 4.64. The van der Waals surface area contributed by atoms with Gasteiger partial charge in [-0.2, -0.15) is 4.68 Å². The minimum Gasteiger partial charge on any atom is -0.451 e. The van der Waals surface area contributed by atoms with Gasteiger partial charge in [-0.05, 0) is 57.1 Å². The minimum atomic E-state index is -0.774. The smallest absolute Gasteiger partial charge is 0.357 e. The van der Waals surface area contributed by atoms with Gasteiger partial charge in [-0.1, -0.05) is 30.3 Å². The van der Waals surface area contributed by atoms with Crippen LogP contribution in [0.1, 0.15) is 11.4 Å². The number of benzene rings is 2. The number of aromatic nitrogens is 6. The molecule has 0 atom stereocenters. The third-order valence-corrected chi connectivity index (χ3v) is 5.03. The Morgan fingerprint density at radius 2 is 1.91 bits per heavy atom. The van der Waals surface area contributed by atoms with Gasteiger partial charge >= 0.3 is 11.7 Å². The molecule has 32 heavy (non-hydrogen) atoms. The molecule has 162 valence electrons. The number of aryl methyl sites for hydroxylation is 1. The summed E-state index contributed by atoms with van der Waals surface area (Å²) in [5.41, 5.74) is 1.94. The molecule has 0 aliphatic heterocycles. The van der Waals surface area contributed by atoms with Crippen LogP contribution in [0.25, 0.3) is 22.8 Å². The SMILES string of the molecule is Cc1nnnn1C(=Cc1ccccc1)C(=O)OCC(=O)Nc1cc2[nH]c(=O)[nH]c2cc1Br. The average Bonchev–Trinajstić information content (AvgIpc) is 3.35. The van der Waals surface area contributed by atoms with Crippen LogP contribution in [-0.2, 0) is 14.3 Å². The van der Waals surface area contributed by atoms with Crippen molar-refractivity contribution in [3.05, 3.63) is 68.8 Å². The number of amides is 1. The molecule has 4 rings (SSSR count). The molecule has 0 unspecified atom stereocenters. The zero-order valence-electron chi connectivity index (χ0n) is 16.6. The predicted octanol–water partition coefficient (Wildman–Crippen LogP) is 2.09. The highest BCUT2D eigenvalue weighted by Gasteiger charge is 2.19. The van der Waals surface area contributed by atoms with Crippen LogP contribution in [0.15, 0.2) is 51.7 Å². The summed E-state index contributed by atoms with van der Waals surface area (Å²) in [7, 11) is 0. The van der Waals surface area contributed by atoms with E-state index in [-0.39, 0.29) is 11.4 Å². The lowest BCUT2D eigenvalue weighted by Crippen LogP contribution is -2.23. The monoisotopic (exact) mass is 497 g/mol. The molecule has 12 heteroatoms. The number of nitrogens with one attached hydrogen (secondary N) is 3. The maximum atomic E-state index is 12.8. The summed E-state index contributed by atoms with van der Waals surface area (Å²) in [6.45, 7) is 1.10. The van der Waals surface area contributed by atoms with Crippen LogP contribution < -0.4 is 11.0 Å². The van der Waals surface area contributed by atoms with Gasteiger partial charge < -0.3 is 20.0 Å². The van der Waals surface area contributed by atoms with Crippen LogP contribution >= 0.6 is 15.9 Å². The van der Waals surface area contributed by atoms with E-state index in [2.05, 4.69) is 46.7 Å². The lowest BCUT2D eigenvalue weighted by molar-refractivity contribution is -0.141. The first kappa shape index (κ1) is 21.2. The number of anilines is 1. The van der Waals surface area contributed by atoms with Crippen molar-refractivity contribution in [3.63, 3.8) is 0 Å². The number of halogens is 1. The number of hydrogen-bond acceptors (Lipinski definition) is 7. The Morgan fingerprint density at radius 1 is 1.19 bits per heavy atom. The topological polar surface area (TPSA) is 148 Å². The Balaban J connectivity index is 1.49. The van der Waals surface area contributed by atoms with E-state index in [0.717, 1.165) is 5.56 Å². The molecule has 2 heterocycles. The number of nitrogens with zero attached hydrogens (tertiary/aromatic N) is 4. The lowest BCUT2D eigenvalue weighted by atomic mass is 10.2.